The molecule has 0 heterocycles. The average molecular weight is 329 g/mol. The van der Waals surface area contributed by atoms with Crippen molar-refractivity contribution in [2.75, 3.05) is 13.7 Å². The van der Waals surface area contributed by atoms with Gasteiger partial charge in [0.15, 0.2) is 18.1 Å². The number of hydrogen-bond donors (Lipinski definition) is 2. The number of halogens is 1. The van der Waals surface area contributed by atoms with E-state index in [1.807, 2.05) is 6.07 Å². The van der Waals surface area contributed by atoms with Crippen molar-refractivity contribution in [3.8, 4) is 11.5 Å². The zero-order chi connectivity index (χ0) is 16.7. The van der Waals surface area contributed by atoms with Gasteiger partial charge in [-0.3, -0.25) is 4.79 Å². The van der Waals surface area contributed by atoms with E-state index in [1.165, 1.54) is 7.11 Å². The number of ether oxygens (including phenoxy) is 2. The third-order valence-corrected chi connectivity index (χ3v) is 3.41. The molecule has 0 aliphatic carbocycles. The van der Waals surface area contributed by atoms with Gasteiger partial charge in [-0.1, -0.05) is 25.4 Å². The number of carbonyl (C=O) groups excluding carboxylic acids is 1. The van der Waals surface area contributed by atoms with Crippen LogP contribution in [-0.4, -0.2) is 25.7 Å². The lowest BCUT2D eigenvalue weighted by molar-refractivity contribution is -0.119. The van der Waals surface area contributed by atoms with Gasteiger partial charge in [-0.25, -0.2) is 0 Å². The van der Waals surface area contributed by atoms with Crippen LogP contribution < -0.4 is 20.5 Å². The second-order valence-electron chi connectivity index (χ2n) is 5.78. The first kappa shape index (κ1) is 18.6. The van der Waals surface area contributed by atoms with Gasteiger partial charge < -0.3 is 20.5 Å². The number of amides is 1. The van der Waals surface area contributed by atoms with Crippen LogP contribution in [0.15, 0.2) is 12.1 Å². The van der Waals surface area contributed by atoms with Crippen molar-refractivity contribution in [2.45, 2.75) is 39.8 Å². The highest BCUT2D eigenvalue weighted by Crippen LogP contribution is 2.36. The third kappa shape index (κ3) is 6.12. The summed E-state index contributed by atoms with van der Waals surface area (Å²) in [7, 11) is 1.53. The Balaban J connectivity index is 2.77. The van der Waals surface area contributed by atoms with E-state index in [0.717, 1.165) is 12.0 Å². The summed E-state index contributed by atoms with van der Waals surface area (Å²) in [6, 6.07) is 4.06. The van der Waals surface area contributed by atoms with Crippen molar-refractivity contribution in [3.05, 3.63) is 22.7 Å². The number of benzene rings is 1. The van der Waals surface area contributed by atoms with Crippen LogP contribution in [0.4, 0.5) is 0 Å². The molecule has 3 N–H and O–H groups in total. The summed E-state index contributed by atoms with van der Waals surface area (Å²) in [6.45, 7) is 6.99. The molecule has 1 amide bonds. The van der Waals surface area contributed by atoms with E-state index < -0.39 is 5.91 Å². The number of primary amides is 1. The highest BCUT2D eigenvalue weighted by Gasteiger charge is 2.13. The van der Waals surface area contributed by atoms with E-state index in [2.05, 4.69) is 26.1 Å². The predicted molar refractivity (Wildman–Crippen MR) is 88.5 cm³/mol. The Morgan fingerprint density at radius 3 is 2.59 bits per heavy atom. The maximum Gasteiger partial charge on any atom is 0.255 e. The Morgan fingerprint density at radius 1 is 1.36 bits per heavy atom. The minimum atomic E-state index is -0.564. The molecule has 1 unspecified atom stereocenters. The van der Waals surface area contributed by atoms with Crippen LogP contribution in [-0.2, 0) is 11.3 Å². The Bertz CT molecular complexity index is 506. The highest BCUT2D eigenvalue weighted by atomic mass is 35.5. The zero-order valence-corrected chi connectivity index (χ0v) is 14.4. The molecule has 0 aromatic heterocycles. The summed E-state index contributed by atoms with van der Waals surface area (Å²) in [5, 5.41) is 3.85. The minimum Gasteiger partial charge on any atom is -0.493 e. The first-order valence-corrected chi connectivity index (χ1v) is 7.72. The van der Waals surface area contributed by atoms with Crippen LogP contribution >= 0.6 is 11.6 Å². The van der Waals surface area contributed by atoms with Crippen molar-refractivity contribution < 1.29 is 14.3 Å². The number of nitrogens with one attached hydrogen (secondary N) is 1. The minimum absolute atomic E-state index is 0.237. The van der Waals surface area contributed by atoms with Gasteiger partial charge in [-0.05, 0) is 37.0 Å². The van der Waals surface area contributed by atoms with Crippen molar-refractivity contribution >= 4 is 17.5 Å². The topological polar surface area (TPSA) is 73.6 Å². The van der Waals surface area contributed by atoms with Gasteiger partial charge in [0.05, 0.1) is 12.1 Å². The molecule has 0 saturated heterocycles. The fraction of sp³-hybridized carbons (Fsp3) is 0.562. The van der Waals surface area contributed by atoms with Crippen molar-refractivity contribution in [2.24, 2.45) is 11.7 Å². The van der Waals surface area contributed by atoms with Crippen LogP contribution in [0.5, 0.6) is 11.5 Å². The first-order chi connectivity index (χ1) is 10.3. The van der Waals surface area contributed by atoms with Gasteiger partial charge in [0.25, 0.3) is 5.91 Å². The first-order valence-electron chi connectivity index (χ1n) is 7.34. The molecular formula is C16H25ClN2O3. The molecule has 0 spiro atoms. The molecule has 0 fully saturated rings. The molecular weight excluding hydrogens is 304 g/mol. The van der Waals surface area contributed by atoms with E-state index in [0.29, 0.717) is 35.0 Å². The molecule has 1 rings (SSSR count). The van der Waals surface area contributed by atoms with Gasteiger partial charge in [-0.2, -0.15) is 0 Å². The molecule has 0 saturated carbocycles. The Hall–Kier alpha value is -1.46. The van der Waals surface area contributed by atoms with Crippen LogP contribution in [0, 0.1) is 5.92 Å². The van der Waals surface area contributed by atoms with Crippen LogP contribution in [0.1, 0.15) is 32.8 Å². The van der Waals surface area contributed by atoms with E-state index in [4.69, 9.17) is 26.8 Å². The van der Waals surface area contributed by atoms with Crippen molar-refractivity contribution in [1.29, 1.82) is 0 Å². The molecule has 0 bridgehead atoms. The second kappa shape index (κ2) is 8.86. The summed E-state index contributed by atoms with van der Waals surface area (Å²) < 4.78 is 10.6. The number of carbonyl (C=O) groups is 1. The van der Waals surface area contributed by atoms with E-state index >= 15 is 0 Å². The van der Waals surface area contributed by atoms with Gasteiger partial charge in [0.2, 0.25) is 0 Å². The quantitative estimate of drug-likeness (QED) is 0.731. The summed E-state index contributed by atoms with van der Waals surface area (Å²) in [5.41, 5.74) is 6.06. The highest BCUT2D eigenvalue weighted by molar-refractivity contribution is 6.32. The molecule has 1 atom stereocenters. The lowest BCUT2D eigenvalue weighted by Gasteiger charge is -2.17. The monoisotopic (exact) mass is 328 g/mol. The van der Waals surface area contributed by atoms with Crippen LogP contribution in [0.25, 0.3) is 0 Å². The number of hydrogen-bond acceptors (Lipinski definition) is 4. The van der Waals surface area contributed by atoms with Crippen molar-refractivity contribution in [3.63, 3.8) is 0 Å². The maximum absolute atomic E-state index is 10.8. The van der Waals surface area contributed by atoms with Crippen molar-refractivity contribution in [1.82, 2.24) is 5.32 Å². The summed E-state index contributed by atoms with van der Waals surface area (Å²) >= 11 is 6.21. The molecule has 124 valence electrons. The molecule has 0 radical (unpaired) electrons. The standard InChI is InChI=1S/C16H25ClN2O3/c1-10(2)5-11(3)19-8-12-6-13(17)16(14(7-12)21-4)22-9-15(18)20/h6-7,10-11,19H,5,8-9H2,1-4H3,(H2,18,20). The predicted octanol–water partition coefficient (Wildman–Crippen LogP) is 2.74. The fourth-order valence-corrected chi connectivity index (χ4v) is 2.53. The molecule has 5 nitrogen and oxygen atoms in total. The largest absolute Gasteiger partial charge is 0.493 e. The molecule has 22 heavy (non-hydrogen) atoms. The van der Waals surface area contributed by atoms with Crippen LogP contribution in [0.2, 0.25) is 5.02 Å². The maximum atomic E-state index is 10.8. The Morgan fingerprint density at radius 2 is 2.05 bits per heavy atom. The lowest BCUT2D eigenvalue weighted by atomic mass is 10.0. The lowest BCUT2D eigenvalue weighted by Crippen LogP contribution is -2.26. The number of rotatable bonds is 9. The van der Waals surface area contributed by atoms with Gasteiger partial charge in [0, 0.05) is 12.6 Å². The molecule has 0 aliphatic heterocycles. The SMILES string of the molecule is COc1cc(CNC(C)CC(C)C)cc(Cl)c1OCC(N)=O. The summed E-state index contributed by atoms with van der Waals surface area (Å²) in [5.74, 6) is 0.903. The number of methoxy groups -OCH3 is 1. The normalized spacial score (nSPS) is 12.3. The summed E-state index contributed by atoms with van der Waals surface area (Å²) in [6.07, 6.45) is 1.10. The number of nitrogens with two attached hydrogens (primary N) is 1. The van der Waals surface area contributed by atoms with Crippen LogP contribution in [0.3, 0.4) is 0 Å². The van der Waals surface area contributed by atoms with E-state index in [-0.39, 0.29) is 6.61 Å². The Labute approximate surface area is 137 Å². The van der Waals surface area contributed by atoms with Gasteiger partial charge in [0.1, 0.15) is 0 Å². The zero-order valence-electron chi connectivity index (χ0n) is 13.6. The molecule has 1 aromatic rings. The van der Waals surface area contributed by atoms with E-state index in [1.54, 1.807) is 6.07 Å². The Kier molecular flexibility index (Phi) is 7.48. The molecule has 1 aromatic carbocycles. The molecule has 6 heteroatoms. The average Bonchev–Trinajstić information content (AvgIpc) is 2.42. The second-order valence-corrected chi connectivity index (χ2v) is 6.18. The smallest absolute Gasteiger partial charge is 0.255 e. The van der Waals surface area contributed by atoms with E-state index in [9.17, 15) is 4.79 Å². The van der Waals surface area contributed by atoms with Gasteiger partial charge in [-0.15, -0.1) is 0 Å². The van der Waals surface area contributed by atoms with Gasteiger partial charge >= 0.3 is 0 Å². The fourth-order valence-electron chi connectivity index (χ4n) is 2.24. The summed E-state index contributed by atoms with van der Waals surface area (Å²) in [4.78, 5) is 10.8. The third-order valence-electron chi connectivity index (χ3n) is 3.13. The molecule has 0 aliphatic rings.